The van der Waals surface area contributed by atoms with E-state index in [4.69, 9.17) is 5.11 Å². The first-order valence-electron chi connectivity index (χ1n) is 3.46. The topological polar surface area (TPSA) is 20.2 Å². The molecule has 1 saturated carbocycles. The van der Waals surface area contributed by atoms with Crippen LogP contribution in [0.1, 0.15) is 26.2 Å². The minimum atomic E-state index is -0.894. The van der Waals surface area contributed by atoms with Crippen molar-refractivity contribution in [1.82, 2.24) is 0 Å². The fourth-order valence-corrected chi connectivity index (χ4v) is 1.16. The SMILES string of the molecule is CC1(F)CC1CCCO. The molecule has 0 amide bonds. The molecular formula is C7H13FO. The summed E-state index contributed by atoms with van der Waals surface area (Å²) in [6.45, 7) is 1.83. The highest BCUT2D eigenvalue weighted by Crippen LogP contribution is 2.49. The molecule has 0 heterocycles. The average molecular weight is 132 g/mol. The number of alkyl halides is 1. The molecule has 0 bridgehead atoms. The molecule has 0 saturated heterocycles. The molecule has 2 heteroatoms. The number of aliphatic hydroxyl groups excluding tert-OH is 1. The normalized spacial score (nSPS) is 41.0. The average Bonchev–Trinajstić information content (AvgIpc) is 2.35. The number of hydrogen-bond donors (Lipinski definition) is 1. The molecular weight excluding hydrogens is 119 g/mol. The lowest BCUT2D eigenvalue weighted by Gasteiger charge is -1.96. The molecule has 0 spiro atoms. The molecule has 0 aliphatic heterocycles. The van der Waals surface area contributed by atoms with Crippen molar-refractivity contribution < 1.29 is 9.50 Å². The second-order valence-electron chi connectivity index (χ2n) is 3.04. The largest absolute Gasteiger partial charge is 0.396 e. The number of rotatable bonds is 3. The van der Waals surface area contributed by atoms with Gasteiger partial charge in [0.2, 0.25) is 0 Å². The summed E-state index contributed by atoms with van der Waals surface area (Å²) < 4.78 is 12.7. The van der Waals surface area contributed by atoms with Crippen molar-refractivity contribution in [2.24, 2.45) is 5.92 Å². The quantitative estimate of drug-likeness (QED) is 0.617. The predicted octanol–water partition coefficient (Wildman–Crippen LogP) is 1.51. The molecule has 0 aromatic rings. The molecule has 2 unspecified atom stereocenters. The van der Waals surface area contributed by atoms with Gasteiger partial charge in [-0.25, -0.2) is 4.39 Å². The number of aliphatic hydroxyl groups is 1. The van der Waals surface area contributed by atoms with E-state index in [0.29, 0.717) is 6.42 Å². The van der Waals surface area contributed by atoms with Crippen molar-refractivity contribution in [1.29, 1.82) is 0 Å². The maximum atomic E-state index is 12.7. The van der Waals surface area contributed by atoms with Crippen molar-refractivity contribution >= 4 is 0 Å². The molecule has 1 nitrogen and oxygen atoms in total. The van der Waals surface area contributed by atoms with E-state index < -0.39 is 5.67 Å². The lowest BCUT2D eigenvalue weighted by Crippen LogP contribution is -1.96. The van der Waals surface area contributed by atoms with Crippen molar-refractivity contribution in [2.75, 3.05) is 6.61 Å². The second kappa shape index (κ2) is 2.25. The van der Waals surface area contributed by atoms with Crippen molar-refractivity contribution in [3.8, 4) is 0 Å². The standard InChI is InChI=1S/C7H13FO/c1-7(8)5-6(7)3-2-4-9/h6,9H,2-5H2,1H3. The smallest absolute Gasteiger partial charge is 0.111 e. The van der Waals surface area contributed by atoms with Crippen LogP contribution in [0.2, 0.25) is 0 Å². The Balaban J connectivity index is 2.06. The third-order valence-electron chi connectivity index (χ3n) is 2.05. The lowest BCUT2D eigenvalue weighted by atomic mass is 10.2. The van der Waals surface area contributed by atoms with Gasteiger partial charge in [-0.2, -0.15) is 0 Å². The molecule has 2 atom stereocenters. The van der Waals surface area contributed by atoms with Crippen LogP contribution < -0.4 is 0 Å². The summed E-state index contributed by atoms with van der Waals surface area (Å²) in [4.78, 5) is 0. The van der Waals surface area contributed by atoms with Crippen LogP contribution in [0, 0.1) is 5.92 Å². The highest BCUT2D eigenvalue weighted by Gasteiger charge is 2.49. The van der Waals surface area contributed by atoms with Gasteiger partial charge in [0, 0.05) is 6.61 Å². The minimum Gasteiger partial charge on any atom is -0.396 e. The molecule has 9 heavy (non-hydrogen) atoms. The molecule has 1 aliphatic carbocycles. The Kier molecular flexibility index (Phi) is 1.75. The van der Waals surface area contributed by atoms with Crippen LogP contribution in [0.25, 0.3) is 0 Å². The minimum absolute atomic E-state index is 0.201. The maximum absolute atomic E-state index is 12.7. The van der Waals surface area contributed by atoms with Crippen LogP contribution in [-0.4, -0.2) is 17.4 Å². The molecule has 0 aromatic carbocycles. The summed E-state index contributed by atoms with van der Waals surface area (Å²) in [5.41, 5.74) is -0.894. The molecule has 1 fully saturated rings. The summed E-state index contributed by atoms with van der Waals surface area (Å²) >= 11 is 0. The Hall–Kier alpha value is -0.110. The van der Waals surface area contributed by atoms with Crippen molar-refractivity contribution in [3.63, 3.8) is 0 Å². The Bertz CT molecular complexity index is 101. The predicted molar refractivity (Wildman–Crippen MR) is 33.9 cm³/mol. The van der Waals surface area contributed by atoms with Gasteiger partial charge >= 0.3 is 0 Å². The van der Waals surface area contributed by atoms with Gasteiger partial charge in [-0.15, -0.1) is 0 Å². The van der Waals surface area contributed by atoms with Gasteiger partial charge in [-0.1, -0.05) is 0 Å². The van der Waals surface area contributed by atoms with Crippen LogP contribution in [0.15, 0.2) is 0 Å². The van der Waals surface area contributed by atoms with Gasteiger partial charge in [0.15, 0.2) is 0 Å². The fraction of sp³-hybridized carbons (Fsp3) is 1.00. The first-order chi connectivity index (χ1) is 4.17. The van der Waals surface area contributed by atoms with Crippen molar-refractivity contribution in [3.05, 3.63) is 0 Å². The zero-order valence-corrected chi connectivity index (χ0v) is 5.73. The number of halogens is 1. The van der Waals surface area contributed by atoms with E-state index >= 15 is 0 Å². The summed E-state index contributed by atoms with van der Waals surface area (Å²) in [7, 11) is 0. The second-order valence-corrected chi connectivity index (χ2v) is 3.04. The van der Waals surface area contributed by atoms with Crippen LogP contribution in [0.3, 0.4) is 0 Å². The van der Waals surface area contributed by atoms with Crippen LogP contribution >= 0.6 is 0 Å². The van der Waals surface area contributed by atoms with E-state index in [2.05, 4.69) is 0 Å². The molecule has 0 aromatic heterocycles. The van der Waals surface area contributed by atoms with Crippen LogP contribution in [0.4, 0.5) is 4.39 Å². The molecule has 1 aliphatic rings. The third-order valence-corrected chi connectivity index (χ3v) is 2.05. The Labute approximate surface area is 54.9 Å². The van der Waals surface area contributed by atoms with E-state index in [-0.39, 0.29) is 12.5 Å². The first-order valence-corrected chi connectivity index (χ1v) is 3.46. The van der Waals surface area contributed by atoms with Gasteiger partial charge < -0.3 is 5.11 Å². The van der Waals surface area contributed by atoms with E-state index in [0.717, 1.165) is 12.8 Å². The van der Waals surface area contributed by atoms with Gasteiger partial charge in [0.05, 0.1) is 0 Å². The third kappa shape index (κ3) is 1.65. The van der Waals surface area contributed by atoms with Gasteiger partial charge in [-0.05, 0) is 32.1 Å². The zero-order valence-electron chi connectivity index (χ0n) is 5.73. The van der Waals surface area contributed by atoms with Crippen LogP contribution in [-0.2, 0) is 0 Å². The molecule has 1 rings (SSSR count). The Morgan fingerprint density at radius 1 is 1.78 bits per heavy atom. The zero-order chi connectivity index (χ0) is 6.91. The monoisotopic (exact) mass is 132 g/mol. The van der Waals surface area contributed by atoms with Gasteiger partial charge in [0.1, 0.15) is 5.67 Å². The van der Waals surface area contributed by atoms with Crippen LogP contribution in [0.5, 0.6) is 0 Å². The summed E-state index contributed by atoms with van der Waals surface area (Å²) in [6, 6.07) is 0. The first kappa shape index (κ1) is 7.00. The van der Waals surface area contributed by atoms with E-state index in [1.54, 1.807) is 6.92 Å². The fourth-order valence-electron chi connectivity index (χ4n) is 1.16. The van der Waals surface area contributed by atoms with Crippen molar-refractivity contribution in [2.45, 2.75) is 31.9 Å². The van der Waals surface area contributed by atoms with E-state index in [9.17, 15) is 4.39 Å². The number of hydrogen-bond acceptors (Lipinski definition) is 1. The molecule has 0 radical (unpaired) electrons. The lowest BCUT2D eigenvalue weighted by molar-refractivity contribution is 0.262. The van der Waals surface area contributed by atoms with E-state index in [1.165, 1.54) is 0 Å². The highest BCUT2D eigenvalue weighted by atomic mass is 19.1. The molecule has 54 valence electrons. The van der Waals surface area contributed by atoms with Gasteiger partial charge in [0.25, 0.3) is 0 Å². The Morgan fingerprint density at radius 3 is 2.67 bits per heavy atom. The molecule has 1 N–H and O–H groups in total. The van der Waals surface area contributed by atoms with E-state index in [1.807, 2.05) is 0 Å². The summed E-state index contributed by atoms with van der Waals surface area (Å²) in [6.07, 6.45) is 2.31. The summed E-state index contributed by atoms with van der Waals surface area (Å²) in [5, 5.41) is 8.39. The highest BCUT2D eigenvalue weighted by molar-refractivity contribution is 4.99. The van der Waals surface area contributed by atoms with Gasteiger partial charge in [-0.3, -0.25) is 0 Å². The maximum Gasteiger partial charge on any atom is 0.111 e. The Morgan fingerprint density at radius 2 is 2.33 bits per heavy atom. The summed E-state index contributed by atoms with van der Waals surface area (Å²) in [5.74, 6) is 0.240.